The molecular weight excluding hydrogens is 298 g/mol. The highest BCUT2D eigenvalue weighted by molar-refractivity contribution is 7.98. The normalized spacial score (nSPS) is 10.4. The van der Waals surface area contributed by atoms with E-state index >= 15 is 0 Å². The lowest BCUT2D eigenvalue weighted by Gasteiger charge is -2.06. The summed E-state index contributed by atoms with van der Waals surface area (Å²) in [5.41, 5.74) is 1.13. The van der Waals surface area contributed by atoms with Gasteiger partial charge in [-0.05, 0) is 36.6 Å². The number of nitrogens with one attached hydrogen (secondary N) is 1. The highest BCUT2D eigenvalue weighted by Crippen LogP contribution is 2.15. The number of anilines is 1. The lowest BCUT2D eigenvalue weighted by Crippen LogP contribution is -2.12. The maximum Gasteiger partial charge on any atom is 0.255 e. The largest absolute Gasteiger partial charge is 0.319 e. The molecule has 22 heavy (non-hydrogen) atoms. The van der Waals surface area contributed by atoms with Gasteiger partial charge in [0.15, 0.2) is 0 Å². The van der Waals surface area contributed by atoms with Crippen molar-refractivity contribution in [3.05, 3.63) is 60.7 Å². The molecule has 3 aromatic rings. The molecule has 2 aromatic heterocycles. The van der Waals surface area contributed by atoms with Crippen LogP contribution in [0.1, 0.15) is 10.4 Å². The SMILES string of the molecule is CSc1ccc(C(=O)Nc2cnc(-n3cccn3)nc2)cc1. The summed E-state index contributed by atoms with van der Waals surface area (Å²) >= 11 is 1.63. The minimum atomic E-state index is -0.192. The van der Waals surface area contributed by atoms with Crippen LogP contribution in [0.5, 0.6) is 0 Å². The molecule has 7 heteroatoms. The molecule has 3 rings (SSSR count). The monoisotopic (exact) mass is 311 g/mol. The standard InChI is InChI=1S/C15H13N5OS/c1-22-13-5-3-11(4-6-13)14(21)19-12-9-16-15(17-10-12)20-8-2-7-18-20/h2-10H,1H3,(H,19,21). The van der Waals surface area contributed by atoms with Gasteiger partial charge in [0.1, 0.15) is 0 Å². The number of carbonyl (C=O) groups is 1. The van der Waals surface area contributed by atoms with Crippen molar-refractivity contribution in [2.45, 2.75) is 4.90 Å². The van der Waals surface area contributed by atoms with Crippen LogP contribution in [0.4, 0.5) is 5.69 Å². The van der Waals surface area contributed by atoms with Crippen LogP contribution in [0.15, 0.2) is 60.0 Å². The van der Waals surface area contributed by atoms with Crippen molar-refractivity contribution in [2.24, 2.45) is 0 Å². The number of nitrogens with zero attached hydrogens (tertiary/aromatic N) is 4. The highest BCUT2D eigenvalue weighted by Gasteiger charge is 2.07. The molecule has 0 fully saturated rings. The molecule has 0 bridgehead atoms. The summed E-state index contributed by atoms with van der Waals surface area (Å²) in [6.07, 6.45) is 8.50. The Morgan fingerprint density at radius 3 is 2.50 bits per heavy atom. The van der Waals surface area contributed by atoms with E-state index in [1.54, 1.807) is 59.4 Å². The predicted molar refractivity (Wildman–Crippen MR) is 85.3 cm³/mol. The van der Waals surface area contributed by atoms with E-state index in [2.05, 4.69) is 20.4 Å². The van der Waals surface area contributed by atoms with Gasteiger partial charge in [-0.2, -0.15) is 5.10 Å². The summed E-state index contributed by atoms with van der Waals surface area (Å²) in [4.78, 5) is 21.6. The summed E-state index contributed by atoms with van der Waals surface area (Å²) in [7, 11) is 0. The number of hydrogen-bond acceptors (Lipinski definition) is 5. The van der Waals surface area contributed by atoms with Gasteiger partial charge >= 0.3 is 0 Å². The van der Waals surface area contributed by atoms with Crippen molar-refractivity contribution in [2.75, 3.05) is 11.6 Å². The quantitative estimate of drug-likeness (QED) is 0.750. The maximum atomic E-state index is 12.1. The van der Waals surface area contributed by atoms with Crippen LogP contribution in [0, 0.1) is 0 Å². The Labute approximate surface area is 131 Å². The third-order valence-electron chi connectivity index (χ3n) is 2.96. The number of aromatic nitrogens is 4. The van der Waals surface area contributed by atoms with Crippen molar-refractivity contribution in [1.82, 2.24) is 19.7 Å². The van der Waals surface area contributed by atoms with Crippen LogP contribution in [-0.2, 0) is 0 Å². The molecule has 0 unspecified atom stereocenters. The molecule has 110 valence electrons. The van der Waals surface area contributed by atoms with Gasteiger partial charge in [-0.1, -0.05) is 0 Å². The molecule has 0 aliphatic rings. The van der Waals surface area contributed by atoms with E-state index in [1.807, 2.05) is 18.4 Å². The van der Waals surface area contributed by atoms with E-state index < -0.39 is 0 Å². The third kappa shape index (κ3) is 3.15. The summed E-state index contributed by atoms with van der Waals surface area (Å²) in [6, 6.07) is 9.20. The Bertz CT molecular complexity index is 754. The van der Waals surface area contributed by atoms with Crippen molar-refractivity contribution in [3.8, 4) is 5.95 Å². The zero-order valence-electron chi connectivity index (χ0n) is 11.8. The van der Waals surface area contributed by atoms with Gasteiger partial charge in [0.2, 0.25) is 0 Å². The molecule has 2 heterocycles. The van der Waals surface area contributed by atoms with E-state index in [-0.39, 0.29) is 5.91 Å². The van der Waals surface area contributed by atoms with Crippen LogP contribution in [0.25, 0.3) is 5.95 Å². The van der Waals surface area contributed by atoms with Gasteiger partial charge in [-0.25, -0.2) is 14.6 Å². The molecule has 1 N–H and O–H groups in total. The van der Waals surface area contributed by atoms with Crippen molar-refractivity contribution < 1.29 is 4.79 Å². The zero-order valence-corrected chi connectivity index (χ0v) is 12.6. The molecule has 0 aliphatic carbocycles. The topological polar surface area (TPSA) is 72.7 Å². The molecule has 1 amide bonds. The Kier molecular flexibility index (Phi) is 4.15. The van der Waals surface area contributed by atoms with Crippen molar-refractivity contribution in [1.29, 1.82) is 0 Å². The molecular formula is C15H13N5OS. The van der Waals surface area contributed by atoms with Gasteiger partial charge in [-0.3, -0.25) is 4.79 Å². The lowest BCUT2D eigenvalue weighted by molar-refractivity contribution is 0.102. The fraction of sp³-hybridized carbons (Fsp3) is 0.0667. The number of rotatable bonds is 4. The first-order valence-electron chi connectivity index (χ1n) is 6.54. The fourth-order valence-electron chi connectivity index (χ4n) is 1.84. The van der Waals surface area contributed by atoms with Crippen LogP contribution >= 0.6 is 11.8 Å². The summed E-state index contributed by atoms with van der Waals surface area (Å²) in [5.74, 6) is 0.260. The second kappa shape index (κ2) is 6.40. The van der Waals surface area contributed by atoms with Gasteiger partial charge < -0.3 is 5.32 Å². The van der Waals surface area contributed by atoms with E-state index in [1.165, 1.54) is 0 Å². The minimum absolute atomic E-state index is 0.192. The molecule has 0 aliphatic heterocycles. The van der Waals surface area contributed by atoms with Crippen molar-refractivity contribution >= 4 is 23.4 Å². The number of thioether (sulfide) groups is 1. The molecule has 0 atom stereocenters. The molecule has 0 saturated carbocycles. The van der Waals surface area contributed by atoms with Gasteiger partial charge in [-0.15, -0.1) is 11.8 Å². The van der Waals surface area contributed by atoms with E-state index in [0.717, 1.165) is 4.90 Å². The Balaban J connectivity index is 1.71. The Morgan fingerprint density at radius 1 is 1.18 bits per heavy atom. The first-order valence-corrected chi connectivity index (χ1v) is 7.76. The fourth-order valence-corrected chi connectivity index (χ4v) is 2.25. The van der Waals surface area contributed by atoms with Crippen LogP contribution in [0.2, 0.25) is 0 Å². The molecule has 0 spiro atoms. The molecule has 0 saturated heterocycles. The average molecular weight is 311 g/mol. The van der Waals surface area contributed by atoms with E-state index in [4.69, 9.17) is 0 Å². The smallest absolute Gasteiger partial charge is 0.255 e. The molecule has 0 radical (unpaired) electrons. The predicted octanol–water partition coefficient (Wildman–Crippen LogP) is 2.64. The Morgan fingerprint density at radius 2 is 1.91 bits per heavy atom. The molecule has 6 nitrogen and oxygen atoms in total. The van der Waals surface area contributed by atoms with E-state index in [9.17, 15) is 4.79 Å². The summed E-state index contributed by atoms with van der Waals surface area (Å²) in [5, 5.41) is 6.81. The average Bonchev–Trinajstić information content (AvgIpc) is 3.10. The second-order valence-corrected chi connectivity index (χ2v) is 5.28. The summed E-state index contributed by atoms with van der Waals surface area (Å²) < 4.78 is 1.55. The number of hydrogen-bond donors (Lipinski definition) is 1. The highest BCUT2D eigenvalue weighted by atomic mass is 32.2. The van der Waals surface area contributed by atoms with Crippen LogP contribution < -0.4 is 5.32 Å². The summed E-state index contributed by atoms with van der Waals surface area (Å²) in [6.45, 7) is 0. The van der Waals surface area contributed by atoms with Crippen LogP contribution in [-0.4, -0.2) is 31.9 Å². The van der Waals surface area contributed by atoms with Crippen molar-refractivity contribution in [3.63, 3.8) is 0 Å². The number of carbonyl (C=O) groups excluding carboxylic acids is 1. The number of amides is 1. The van der Waals surface area contributed by atoms with E-state index in [0.29, 0.717) is 17.2 Å². The second-order valence-electron chi connectivity index (χ2n) is 4.40. The number of benzene rings is 1. The van der Waals surface area contributed by atoms with Gasteiger partial charge in [0.25, 0.3) is 11.9 Å². The minimum Gasteiger partial charge on any atom is -0.319 e. The lowest BCUT2D eigenvalue weighted by atomic mass is 10.2. The Hall–Kier alpha value is -2.67. The van der Waals surface area contributed by atoms with Gasteiger partial charge in [0.05, 0.1) is 18.1 Å². The third-order valence-corrected chi connectivity index (χ3v) is 3.70. The zero-order chi connectivity index (χ0) is 15.4. The van der Waals surface area contributed by atoms with Gasteiger partial charge in [0, 0.05) is 22.9 Å². The first kappa shape index (κ1) is 14.3. The molecule has 1 aromatic carbocycles. The maximum absolute atomic E-state index is 12.1. The van der Waals surface area contributed by atoms with Crippen LogP contribution in [0.3, 0.4) is 0 Å². The first-order chi connectivity index (χ1) is 10.8.